The summed E-state index contributed by atoms with van der Waals surface area (Å²) in [6.45, 7) is 6.03. The number of benzene rings is 2. The van der Waals surface area contributed by atoms with Gasteiger partial charge in [0.15, 0.2) is 0 Å². The van der Waals surface area contributed by atoms with E-state index in [1.54, 1.807) is 48.5 Å². The summed E-state index contributed by atoms with van der Waals surface area (Å²) >= 11 is 0. The highest BCUT2D eigenvalue weighted by Crippen LogP contribution is 2.30. The second-order valence-corrected chi connectivity index (χ2v) is 7.95. The average molecular weight is 424 g/mol. The first-order valence-corrected chi connectivity index (χ1v) is 10.6. The van der Waals surface area contributed by atoms with Crippen LogP contribution >= 0.6 is 0 Å². The molecule has 0 heterocycles. The van der Waals surface area contributed by atoms with Gasteiger partial charge in [-0.1, -0.05) is 26.0 Å². The van der Waals surface area contributed by atoms with Crippen molar-refractivity contribution in [1.29, 1.82) is 0 Å². The summed E-state index contributed by atoms with van der Waals surface area (Å²) in [5.74, 6) is -0.160. The Morgan fingerprint density at radius 3 is 2.16 bits per heavy atom. The molecule has 3 rings (SSSR count). The molecular formula is C24H29N3O4. The Morgan fingerprint density at radius 2 is 1.58 bits per heavy atom. The highest BCUT2D eigenvalue weighted by atomic mass is 16.5. The van der Waals surface area contributed by atoms with Crippen LogP contribution in [0.2, 0.25) is 0 Å². The number of carbonyl (C=O) groups is 3. The molecule has 7 heteroatoms. The van der Waals surface area contributed by atoms with Gasteiger partial charge in [0.25, 0.3) is 5.91 Å². The van der Waals surface area contributed by atoms with Crippen molar-refractivity contribution in [3.05, 3.63) is 54.1 Å². The minimum atomic E-state index is -0.726. The largest absolute Gasteiger partial charge is 0.493 e. The van der Waals surface area contributed by atoms with E-state index in [1.165, 1.54) is 0 Å². The summed E-state index contributed by atoms with van der Waals surface area (Å²) < 4.78 is 5.52. The third kappa shape index (κ3) is 6.07. The number of rotatable bonds is 9. The molecule has 0 radical (unpaired) electrons. The fourth-order valence-corrected chi connectivity index (χ4v) is 3.14. The van der Waals surface area contributed by atoms with Crippen LogP contribution in [-0.2, 0) is 9.59 Å². The van der Waals surface area contributed by atoms with Crippen LogP contribution in [0.1, 0.15) is 44.0 Å². The first-order chi connectivity index (χ1) is 14.9. The van der Waals surface area contributed by atoms with Crippen molar-refractivity contribution in [1.82, 2.24) is 5.32 Å². The molecule has 1 atom stereocenters. The van der Waals surface area contributed by atoms with Gasteiger partial charge >= 0.3 is 0 Å². The standard InChI is InChI=1S/C24H29N3O4/c1-4-31-20-8-6-5-7-19(20)23(29)27-21(15(2)3)24(30)26-18-13-11-17(12-14-18)25-22(28)16-9-10-16/h5-8,11-16,21H,4,9-10H2,1-3H3,(H,25,28)(H,26,30)(H,27,29)/t21-/m0/s1. The zero-order chi connectivity index (χ0) is 22.4. The summed E-state index contributed by atoms with van der Waals surface area (Å²) in [6.07, 6.45) is 1.88. The molecule has 2 aromatic carbocycles. The Hall–Kier alpha value is -3.35. The van der Waals surface area contributed by atoms with E-state index in [1.807, 2.05) is 20.8 Å². The van der Waals surface area contributed by atoms with E-state index >= 15 is 0 Å². The van der Waals surface area contributed by atoms with Crippen molar-refractivity contribution in [3.63, 3.8) is 0 Å². The molecule has 0 unspecified atom stereocenters. The van der Waals surface area contributed by atoms with Gasteiger partial charge in [-0.15, -0.1) is 0 Å². The van der Waals surface area contributed by atoms with Crippen LogP contribution in [-0.4, -0.2) is 30.4 Å². The van der Waals surface area contributed by atoms with Crippen LogP contribution in [0.4, 0.5) is 11.4 Å². The lowest BCUT2D eigenvalue weighted by atomic mass is 10.0. The van der Waals surface area contributed by atoms with Gasteiger partial charge in [0.1, 0.15) is 11.8 Å². The predicted octanol–water partition coefficient (Wildman–Crippen LogP) is 3.83. The number of para-hydroxylation sites is 1. The van der Waals surface area contributed by atoms with E-state index in [9.17, 15) is 14.4 Å². The lowest BCUT2D eigenvalue weighted by molar-refractivity contribution is -0.119. The first-order valence-electron chi connectivity index (χ1n) is 10.6. The van der Waals surface area contributed by atoms with Crippen molar-refractivity contribution < 1.29 is 19.1 Å². The fraction of sp³-hybridized carbons (Fsp3) is 0.375. The van der Waals surface area contributed by atoms with Gasteiger partial charge in [-0.25, -0.2) is 0 Å². The molecule has 0 saturated heterocycles. The molecule has 1 aliphatic rings. The quantitative estimate of drug-likeness (QED) is 0.571. The van der Waals surface area contributed by atoms with Gasteiger partial charge < -0.3 is 20.7 Å². The van der Waals surface area contributed by atoms with E-state index in [0.717, 1.165) is 12.8 Å². The number of hydrogen-bond acceptors (Lipinski definition) is 4. The molecule has 1 fully saturated rings. The third-order valence-corrected chi connectivity index (χ3v) is 5.04. The molecule has 1 saturated carbocycles. The van der Waals surface area contributed by atoms with Crippen LogP contribution in [0, 0.1) is 11.8 Å². The number of anilines is 2. The van der Waals surface area contributed by atoms with Gasteiger partial charge in [-0.3, -0.25) is 14.4 Å². The van der Waals surface area contributed by atoms with Crippen molar-refractivity contribution in [3.8, 4) is 5.75 Å². The van der Waals surface area contributed by atoms with Gasteiger partial charge in [-0.2, -0.15) is 0 Å². The van der Waals surface area contributed by atoms with Gasteiger partial charge in [0.2, 0.25) is 11.8 Å². The van der Waals surface area contributed by atoms with Gasteiger partial charge in [0, 0.05) is 17.3 Å². The predicted molar refractivity (Wildman–Crippen MR) is 120 cm³/mol. The van der Waals surface area contributed by atoms with Crippen LogP contribution < -0.4 is 20.7 Å². The van der Waals surface area contributed by atoms with Crippen molar-refractivity contribution >= 4 is 29.1 Å². The summed E-state index contributed by atoms with van der Waals surface area (Å²) in [5, 5.41) is 8.52. The molecule has 7 nitrogen and oxygen atoms in total. The second-order valence-electron chi connectivity index (χ2n) is 7.95. The smallest absolute Gasteiger partial charge is 0.255 e. The molecular weight excluding hydrogens is 394 g/mol. The van der Waals surface area contributed by atoms with Gasteiger partial charge in [0.05, 0.1) is 12.2 Å². The zero-order valence-electron chi connectivity index (χ0n) is 18.1. The molecule has 3 N–H and O–H groups in total. The van der Waals surface area contributed by atoms with E-state index < -0.39 is 6.04 Å². The van der Waals surface area contributed by atoms with Crippen LogP contribution in [0.25, 0.3) is 0 Å². The first kappa shape index (κ1) is 22.3. The Labute approximate surface area is 182 Å². The lowest BCUT2D eigenvalue weighted by Gasteiger charge is -2.22. The van der Waals surface area contributed by atoms with Crippen molar-refractivity contribution in [2.24, 2.45) is 11.8 Å². The normalized spacial score (nSPS) is 13.9. The Kier molecular flexibility index (Phi) is 7.28. The van der Waals surface area contributed by atoms with Crippen LogP contribution in [0.5, 0.6) is 5.75 Å². The van der Waals surface area contributed by atoms with Gasteiger partial charge in [-0.05, 0) is 62.1 Å². The summed E-state index contributed by atoms with van der Waals surface area (Å²) in [4.78, 5) is 37.5. The minimum Gasteiger partial charge on any atom is -0.493 e. The molecule has 0 spiro atoms. The van der Waals surface area contributed by atoms with Crippen LogP contribution in [0.15, 0.2) is 48.5 Å². The highest BCUT2D eigenvalue weighted by Gasteiger charge is 2.29. The molecule has 0 bridgehead atoms. The lowest BCUT2D eigenvalue weighted by Crippen LogP contribution is -2.47. The molecule has 3 amide bonds. The zero-order valence-corrected chi connectivity index (χ0v) is 18.1. The van der Waals surface area contributed by atoms with Crippen molar-refractivity contribution in [2.45, 2.75) is 39.7 Å². The summed E-state index contributed by atoms with van der Waals surface area (Å²) in [5.41, 5.74) is 1.67. The average Bonchev–Trinajstić information content (AvgIpc) is 3.59. The number of nitrogens with one attached hydrogen (secondary N) is 3. The number of carbonyl (C=O) groups excluding carboxylic acids is 3. The Bertz CT molecular complexity index is 936. The Morgan fingerprint density at radius 1 is 0.968 bits per heavy atom. The molecule has 1 aliphatic carbocycles. The Balaban J connectivity index is 1.63. The van der Waals surface area contributed by atoms with E-state index in [4.69, 9.17) is 4.74 Å². The van der Waals surface area contributed by atoms with Crippen LogP contribution in [0.3, 0.4) is 0 Å². The molecule has 0 aromatic heterocycles. The summed E-state index contributed by atoms with van der Waals surface area (Å²) in [7, 11) is 0. The maximum atomic E-state index is 12.9. The SMILES string of the molecule is CCOc1ccccc1C(=O)N[C@H](C(=O)Nc1ccc(NC(=O)C2CC2)cc1)C(C)C. The fourth-order valence-electron chi connectivity index (χ4n) is 3.14. The van der Waals surface area contributed by atoms with E-state index in [-0.39, 0.29) is 29.6 Å². The summed E-state index contributed by atoms with van der Waals surface area (Å²) in [6, 6.07) is 13.2. The highest BCUT2D eigenvalue weighted by molar-refractivity contribution is 6.02. The van der Waals surface area contributed by atoms with E-state index in [0.29, 0.717) is 29.3 Å². The molecule has 164 valence electrons. The molecule has 0 aliphatic heterocycles. The maximum Gasteiger partial charge on any atom is 0.255 e. The van der Waals surface area contributed by atoms with E-state index in [2.05, 4.69) is 16.0 Å². The molecule has 2 aromatic rings. The maximum absolute atomic E-state index is 12.9. The minimum absolute atomic E-state index is 0.0340. The second kappa shape index (κ2) is 10.1. The monoisotopic (exact) mass is 423 g/mol. The number of amides is 3. The van der Waals surface area contributed by atoms with Crippen molar-refractivity contribution in [2.75, 3.05) is 17.2 Å². The third-order valence-electron chi connectivity index (χ3n) is 5.04. The number of hydrogen-bond donors (Lipinski definition) is 3. The molecule has 31 heavy (non-hydrogen) atoms. The number of ether oxygens (including phenoxy) is 1. The topological polar surface area (TPSA) is 96.5 Å².